The summed E-state index contributed by atoms with van der Waals surface area (Å²) in [5.41, 5.74) is 0.938. The predicted molar refractivity (Wildman–Crippen MR) is 68.9 cm³/mol. The largest absolute Gasteiger partial charge is 0.346 e. The maximum atomic E-state index is 13.2. The molecule has 0 N–H and O–H groups in total. The maximum absolute atomic E-state index is 13.2. The van der Waals surface area contributed by atoms with Gasteiger partial charge < -0.3 is 9.13 Å². The summed E-state index contributed by atoms with van der Waals surface area (Å²) in [6.07, 6.45) is 5.75. The molecule has 0 aliphatic carbocycles. The third kappa shape index (κ3) is 1.90. The molecule has 3 rings (SSSR count). The van der Waals surface area contributed by atoms with Gasteiger partial charge in [0.05, 0.1) is 5.52 Å². The lowest BCUT2D eigenvalue weighted by Gasteiger charge is -2.08. The van der Waals surface area contributed by atoms with E-state index in [4.69, 9.17) is 0 Å². The zero-order chi connectivity index (χ0) is 12.5. The third-order valence-corrected chi connectivity index (χ3v) is 3.24. The summed E-state index contributed by atoms with van der Waals surface area (Å²) in [5, 5.41) is 1.07. The van der Waals surface area contributed by atoms with Gasteiger partial charge in [0.25, 0.3) is 0 Å². The van der Waals surface area contributed by atoms with Crippen molar-refractivity contribution in [1.29, 1.82) is 0 Å². The van der Waals surface area contributed by atoms with Gasteiger partial charge in [0.1, 0.15) is 11.6 Å². The number of aromatic nitrogens is 3. The number of benzene rings is 1. The number of imidazole rings is 1. The van der Waals surface area contributed by atoms with Crippen LogP contribution in [-0.4, -0.2) is 14.1 Å². The Labute approximate surface area is 104 Å². The second-order valence-electron chi connectivity index (χ2n) is 4.38. The van der Waals surface area contributed by atoms with E-state index < -0.39 is 0 Å². The first-order chi connectivity index (χ1) is 8.74. The molecule has 0 radical (unpaired) electrons. The molecule has 0 unspecified atom stereocenters. The Balaban J connectivity index is 1.87. The minimum Gasteiger partial charge on any atom is -0.346 e. The lowest BCUT2D eigenvalue weighted by atomic mass is 10.2. The first-order valence-electron chi connectivity index (χ1n) is 5.96. The van der Waals surface area contributed by atoms with Gasteiger partial charge in [-0.05, 0) is 36.6 Å². The van der Waals surface area contributed by atoms with Crippen LogP contribution in [0, 0.1) is 12.7 Å². The minimum absolute atomic E-state index is 0.193. The van der Waals surface area contributed by atoms with Gasteiger partial charge in [-0.3, -0.25) is 0 Å². The third-order valence-electron chi connectivity index (χ3n) is 3.24. The van der Waals surface area contributed by atoms with Crippen molar-refractivity contribution < 1.29 is 4.39 Å². The average Bonchev–Trinajstić information content (AvgIpc) is 2.93. The highest BCUT2D eigenvalue weighted by molar-refractivity contribution is 5.80. The van der Waals surface area contributed by atoms with E-state index in [2.05, 4.69) is 14.1 Å². The van der Waals surface area contributed by atoms with Crippen LogP contribution >= 0.6 is 0 Å². The van der Waals surface area contributed by atoms with Crippen LogP contribution in [0.1, 0.15) is 5.82 Å². The van der Waals surface area contributed by atoms with Crippen LogP contribution < -0.4 is 0 Å². The summed E-state index contributed by atoms with van der Waals surface area (Å²) in [6, 6.07) is 6.89. The normalized spacial score (nSPS) is 11.2. The highest BCUT2D eigenvalue weighted by Gasteiger charge is 2.03. The Morgan fingerprint density at radius 1 is 1.11 bits per heavy atom. The molecule has 0 saturated heterocycles. The molecule has 0 amide bonds. The van der Waals surface area contributed by atoms with Crippen molar-refractivity contribution in [2.24, 2.45) is 0 Å². The van der Waals surface area contributed by atoms with Gasteiger partial charge in [0.15, 0.2) is 0 Å². The fourth-order valence-corrected chi connectivity index (χ4v) is 2.21. The summed E-state index contributed by atoms with van der Waals surface area (Å²) < 4.78 is 17.4. The van der Waals surface area contributed by atoms with E-state index in [9.17, 15) is 4.39 Å². The molecule has 0 bridgehead atoms. The van der Waals surface area contributed by atoms with Gasteiger partial charge in [0, 0.05) is 31.7 Å². The quantitative estimate of drug-likeness (QED) is 0.693. The standard InChI is InChI=1S/C14H14FN3/c1-11-16-5-7-17(11)8-9-18-6-4-12-2-3-13(15)10-14(12)18/h2-7,10H,8-9H2,1H3. The highest BCUT2D eigenvalue weighted by atomic mass is 19.1. The molecule has 0 aliphatic heterocycles. The number of halogens is 1. The average molecular weight is 243 g/mol. The van der Waals surface area contributed by atoms with Gasteiger partial charge in [-0.25, -0.2) is 9.37 Å². The Morgan fingerprint density at radius 3 is 2.72 bits per heavy atom. The highest BCUT2D eigenvalue weighted by Crippen LogP contribution is 2.17. The van der Waals surface area contributed by atoms with E-state index in [1.165, 1.54) is 6.07 Å². The van der Waals surface area contributed by atoms with E-state index in [-0.39, 0.29) is 5.82 Å². The molecule has 18 heavy (non-hydrogen) atoms. The lowest BCUT2D eigenvalue weighted by molar-refractivity contribution is 0.578. The van der Waals surface area contributed by atoms with Crippen LogP contribution in [0.4, 0.5) is 4.39 Å². The topological polar surface area (TPSA) is 22.8 Å². The van der Waals surface area contributed by atoms with Crippen LogP contribution in [0.3, 0.4) is 0 Å². The molecule has 0 saturated carbocycles. The predicted octanol–water partition coefficient (Wildman–Crippen LogP) is 2.99. The first kappa shape index (κ1) is 11.0. The SMILES string of the molecule is Cc1nccn1CCn1ccc2ccc(F)cc21. The Kier molecular flexibility index (Phi) is 2.63. The summed E-state index contributed by atoms with van der Waals surface area (Å²) >= 11 is 0. The number of hydrogen-bond donors (Lipinski definition) is 0. The first-order valence-corrected chi connectivity index (χ1v) is 5.96. The molecular formula is C14H14FN3. The number of fused-ring (bicyclic) bond motifs is 1. The van der Waals surface area contributed by atoms with Gasteiger partial charge in [-0.2, -0.15) is 0 Å². The maximum Gasteiger partial charge on any atom is 0.125 e. The molecule has 2 aromatic heterocycles. The zero-order valence-electron chi connectivity index (χ0n) is 10.2. The smallest absolute Gasteiger partial charge is 0.125 e. The zero-order valence-corrected chi connectivity index (χ0v) is 10.2. The Bertz CT molecular complexity index is 681. The minimum atomic E-state index is -0.193. The van der Waals surface area contributed by atoms with Crippen LogP contribution in [0.5, 0.6) is 0 Å². The van der Waals surface area contributed by atoms with Crippen molar-refractivity contribution in [2.45, 2.75) is 20.0 Å². The van der Waals surface area contributed by atoms with Gasteiger partial charge in [-0.1, -0.05) is 0 Å². The van der Waals surface area contributed by atoms with Crippen molar-refractivity contribution in [1.82, 2.24) is 14.1 Å². The molecule has 0 atom stereocenters. The van der Waals surface area contributed by atoms with E-state index in [1.54, 1.807) is 12.3 Å². The summed E-state index contributed by atoms with van der Waals surface area (Å²) in [4.78, 5) is 4.19. The fourth-order valence-electron chi connectivity index (χ4n) is 2.21. The van der Waals surface area contributed by atoms with E-state index in [0.29, 0.717) is 0 Å². The summed E-state index contributed by atoms with van der Waals surface area (Å²) in [7, 11) is 0. The number of rotatable bonds is 3. The van der Waals surface area contributed by atoms with Crippen molar-refractivity contribution in [2.75, 3.05) is 0 Å². The molecule has 4 heteroatoms. The number of aryl methyl sites for hydroxylation is 3. The molecular weight excluding hydrogens is 229 g/mol. The van der Waals surface area contributed by atoms with Crippen molar-refractivity contribution in [3.05, 3.63) is 54.5 Å². The molecule has 0 fully saturated rings. The van der Waals surface area contributed by atoms with Crippen LogP contribution in [-0.2, 0) is 13.1 Å². The van der Waals surface area contributed by atoms with Crippen LogP contribution in [0.25, 0.3) is 10.9 Å². The lowest BCUT2D eigenvalue weighted by Crippen LogP contribution is -2.07. The molecule has 3 aromatic rings. The van der Waals surface area contributed by atoms with Gasteiger partial charge in [-0.15, -0.1) is 0 Å². The molecule has 3 nitrogen and oxygen atoms in total. The number of nitrogens with zero attached hydrogens (tertiary/aromatic N) is 3. The Hall–Kier alpha value is -2.10. The van der Waals surface area contributed by atoms with Crippen molar-refractivity contribution >= 4 is 10.9 Å². The van der Waals surface area contributed by atoms with E-state index in [1.807, 2.05) is 31.5 Å². The van der Waals surface area contributed by atoms with E-state index >= 15 is 0 Å². The second kappa shape index (κ2) is 4.29. The number of hydrogen-bond acceptors (Lipinski definition) is 1. The van der Waals surface area contributed by atoms with E-state index in [0.717, 1.165) is 29.8 Å². The molecule has 0 aliphatic rings. The molecule has 0 spiro atoms. The molecule has 1 aromatic carbocycles. The molecule has 2 heterocycles. The monoisotopic (exact) mass is 243 g/mol. The van der Waals surface area contributed by atoms with Crippen LogP contribution in [0.2, 0.25) is 0 Å². The fraction of sp³-hybridized carbons (Fsp3) is 0.214. The van der Waals surface area contributed by atoms with Crippen molar-refractivity contribution in [3.63, 3.8) is 0 Å². The summed E-state index contributed by atoms with van der Waals surface area (Å²) in [5.74, 6) is 0.805. The van der Waals surface area contributed by atoms with Gasteiger partial charge >= 0.3 is 0 Å². The van der Waals surface area contributed by atoms with Crippen molar-refractivity contribution in [3.8, 4) is 0 Å². The summed E-state index contributed by atoms with van der Waals surface area (Å²) in [6.45, 7) is 3.63. The van der Waals surface area contributed by atoms with Gasteiger partial charge in [0.2, 0.25) is 0 Å². The van der Waals surface area contributed by atoms with Crippen LogP contribution in [0.15, 0.2) is 42.9 Å². The molecule has 92 valence electrons. The Morgan fingerprint density at radius 2 is 1.94 bits per heavy atom. The second-order valence-corrected chi connectivity index (χ2v) is 4.38.